The maximum absolute atomic E-state index is 4.09. The van der Waals surface area contributed by atoms with Crippen molar-refractivity contribution in [2.45, 2.75) is 6.42 Å². The Labute approximate surface area is 81.6 Å². The molecule has 3 rings (SSSR count). The van der Waals surface area contributed by atoms with Crippen molar-refractivity contribution >= 4 is 5.69 Å². The molecular weight excluding hydrogens is 176 g/mol. The number of aromatic nitrogens is 3. The van der Waals surface area contributed by atoms with E-state index in [0.717, 1.165) is 30.2 Å². The number of nitrogens with zero attached hydrogens (tertiary/aromatic N) is 3. The molecule has 0 radical (unpaired) electrons. The minimum atomic E-state index is 0.911. The molecule has 0 fully saturated rings. The number of anilines is 1. The van der Waals surface area contributed by atoms with Crippen LogP contribution in [0.15, 0.2) is 30.6 Å². The lowest BCUT2D eigenvalue weighted by Gasteiger charge is -2.07. The quantitative estimate of drug-likeness (QED) is 0.673. The molecule has 1 N–H and O–H groups in total. The minimum Gasteiger partial charge on any atom is -0.383 e. The summed E-state index contributed by atoms with van der Waals surface area (Å²) < 4.78 is 2.04. The first-order chi connectivity index (χ1) is 6.95. The van der Waals surface area contributed by atoms with Crippen molar-refractivity contribution in [2.75, 3.05) is 11.9 Å². The Bertz CT molecular complexity index is 461. The van der Waals surface area contributed by atoms with Crippen LogP contribution in [0.4, 0.5) is 5.69 Å². The lowest BCUT2D eigenvalue weighted by atomic mass is 10.2. The Balaban J connectivity index is 2.27. The van der Waals surface area contributed by atoms with Crippen LogP contribution in [-0.2, 0) is 6.42 Å². The Morgan fingerprint density at radius 3 is 3.21 bits per heavy atom. The Kier molecular flexibility index (Phi) is 1.53. The third-order valence-corrected chi connectivity index (χ3v) is 2.45. The van der Waals surface area contributed by atoms with Crippen molar-refractivity contribution in [1.29, 1.82) is 0 Å². The van der Waals surface area contributed by atoms with E-state index in [1.807, 2.05) is 16.7 Å². The van der Waals surface area contributed by atoms with Gasteiger partial charge in [0.1, 0.15) is 12.2 Å². The van der Waals surface area contributed by atoms with E-state index in [1.165, 1.54) is 0 Å². The highest BCUT2D eigenvalue weighted by atomic mass is 15.3. The summed E-state index contributed by atoms with van der Waals surface area (Å²) in [6.07, 6.45) is 2.68. The van der Waals surface area contributed by atoms with Crippen molar-refractivity contribution in [2.24, 2.45) is 0 Å². The van der Waals surface area contributed by atoms with Crippen LogP contribution >= 0.6 is 0 Å². The third-order valence-electron chi connectivity index (χ3n) is 2.45. The van der Waals surface area contributed by atoms with Crippen molar-refractivity contribution in [3.05, 3.63) is 36.4 Å². The molecule has 1 aliphatic rings. The number of rotatable bonds is 0. The van der Waals surface area contributed by atoms with E-state index in [-0.39, 0.29) is 0 Å². The Morgan fingerprint density at radius 2 is 2.21 bits per heavy atom. The fourth-order valence-corrected chi connectivity index (χ4v) is 1.77. The van der Waals surface area contributed by atoms with Gasteiger partial charge in [-0.15, -0.1) is 10.2 Å². The van der Waals surface area contributed by atoms with Gasteiger partial charge in [-0.1, -0.05) is 12.1 Å². The standard InChI is InChI=1S/C10H10N4/c1-2-4-9-8(3-1)11-6-5-10-13-12-7-14(9)10/h1-4,7,11H,5-6H2. The van der Waals surface area contributed by atoms with Gasteiger partial charge in [0.05, 0.1) is 11.4 Å². The molecule has 2 aromatic rings. The molecule has 2 heterocycles. The first-order valence-corrected chi connectivity index (χ1v) is 4.67. The average molecular weight is 186 g/mol. The second-order valence-corrected chi connectivity index (χ2v) is 3.31. The molecule has 0 saturated heterocycles. The van der Waals surface area contributed by atoms with Crippen LogP contribution in [-0.4, -0.2) is 21.3 Å². The van der Waals surface area contributed by atoms with Gasteiger partial charge >= 0.3 is 0 Å². The average Bonchev–Trinajstić information content (AvgIpc) is 2.61. The van der Waals surface area contributed by atoms with Crippen molar-refractivity contribution in [3.63, 3.8) is 0 Å². The van der Waals surface area contributed by atoms with Gasteiger partial charge in [-0.3, -0.25) is 4.57 Å². The molecule has 1 aromatic carbocycles. The Morgan fingerprint density at radius 1 is 1.29 bits per heavy atom. The van der Waals surface area contributed by atoms with Gasteiger partial charge < -0.3 is 5.32 Å². The first kappa shape index (κ1) is 7.55. The summed E-state index contributed by atoms with van der Waals surface area (Å²) in [6.45, 7) is 0.912. The van der Waals surface area contributed by atoms with E-state index in [4.69, 9.17) is 0 Å². The molecule has 14 heavy (non-hydrogen) atoms. The zero-order chi connectivity index (χ0) is 9.38. The van der Waals surface area contributed by atoms with Crippen LogP contribution in [0.1, 0.15) is 5.82 Å². The summed E-state index contributed by atoms with van der Waals surface area (Å²) >= 11 is 0. The fourth-order valence-electron chi connectivity index (χ4n) is 1.77. The first-order valence-electron chi connectivity index (χ1n) is 4.67. The van der Waals surface area contributed by atoms with E-state index < -0.39 is 0 Å². The van der Waals surface area contributed by atoms with E-state index >= 15 is 0 Å². The zero-order valence-electron chi connectivity index (χ0n) is 7.64. The highest BCUT2D eigenvalue weighted by Crippen LogP contribution is 2.23. The summed E-state index contributed by atoms with van der Waals surface area (Å²) in [6, 6.07) is 8.20. The lowest BCUT2D eigenvalue weighted by molar-refractivity contribution is 0.872. The number of para-hydroxylation sites is 2. The molecule has 0 unspecified atom stereocenters. The smallest absolute Gasteiger partial charge is 0.139 e. The van der Waals surface area contributed by atoms with Crippen LogP contribution in [0.25, 0.3) is 5.69 Å². The monoisotopic (exact) mass is 186 g/mol. The predicted octanol–water partition coefficient (Wildman–Crippen LogP) is 1.24. The molecule has 4 nitrogen and oxygen atoms in total. The molecular formula is C10H10N4. The molecule has 0 amide bonds. The molecule has 4 heteroatoms. The summed E-state index contributed by atoms with van der Waals surface area (Å²) in [4.78, 5) is 0. The maximum Gasteiger partial charge on any atom is 0.139 e. The minimum absolute atomic E-state index is 0.911. The van der Waals surface area contributed by atoms with E-state index in [2.05, 4.69) is 27.6 Å². The van der Waals surface area contributed by atoms with Gasteiger partial charge in [-0.05, 0) is 12.1 Å². The zero-order valence-corrected chi connectivity index (χ0v) is 7.64. The molecule has 70 valence electrons. The SMILES string of the molecule is c1ccc2c(c1)NCCc1nncn1-2. The summed E-state index contributed by atoms with van der Waals surface area (Å²) in [5.41, 5.74) is 2.27. The fraction of sp³-hybridized carbons (Fsp3) is 0.200. The molecule has 0 atom stereocenters. The number of fused-ring (bicyclic) bond motifs is 3. The second kappa shape index (κ2) is 2.83. The number of hydrogen-bond acceptors (Lipinski definition) is 3. The van der Waals surface area contributed by atoms with E-state index in [9.17, 15) is 0 Å². The highest BCUT2D eigenvalue weighted by molar-refractivity contribution is 5.62. The summed E-state index contributed by atoms with van der Waals surface area (Å²) in [5, 5.41) is 11.4. The molecule has 0 aliphatic carbocycles. The van der Waals surface area contributed by atoms with Crippen LogP contribution in [0.3, 0.4) is 0 Å². The summed E-state index contributed by atoms with van der Waals surface area (Å²) in [7, 11) is 0. The highest BCUT2D eigenvalue weighted by Gasteiger charge is 2.13. The van der Waals surface area contributed by atoms with Crippen molar-refractivity contribution < 1.29 is 0 Å². The molecule has 1 aromatic heterocycles. The molecule has 0 spiro atoms. The maximum atomic E-state index is 4.09. The van der Waals surface area contributed by atoms with Crippen LogP contribution < -0.4 is 5.32 Å². The molecule has 0 bridgehead atoms. The van der Waals surface area contributed by atoms with E-state index in [0.29, 0.717) is 0 Å². The Hall–Kier alpha value is -1.84. The molecule has 1 aliphatic heterocycles. The topological polar surface area (TPSA) is 42.7 Å². The van der Waals surface area contributed by atoms with Gasteiger partial charge in [0, 0.05) is 13.0 Å². The normalized spacial score (nSPS) is 13.7. The summed E-state index contributed by atoms with van der Waals surface area (Å²) in [5.74, 6) is 1.02. The van der Waals surface area contributed by atoms with Gasteiger partial charge in [0.25, 0.3) is 0 Å². The van der Waals surface area contributed by atoms with E-state index in [1.54, 1.807) is 6.33 Å². The van der Waals surface area contributed by atoms with Gasteiger partial charge in [0.15, 0.2) is 0 Å². The number of hydrogen-bond donors (Lipinski definition) is 1. The van der Waals surface area contributed by atoms with Gasteiger partial charge in [-0.25, -0.2) is 0 Å². The largest absolute Gasteiger partial charge is 0.383 e. The van der Waals surface area contributed by atoms with Crippen LogP contribution in [0.5, 0.6) is 0 Å². The van der Waals surface area contributed by atoms with Crippen LogP contribution in [0.2, 0.25) is 0 Å². The predicted molar refractivity (Wildman–Crippen MR) is 53.6 cm³/mol. The number of benzene rings is 1. The number of nitrogens with one attached hydrogen (secondary N) is 1. The van der Waals surface area contributed by atoms with Crippen molar-refractivity contribution in [1.82, 2.24) is 14.8 Å². The molecule has 0 saturated carbocycles. The van der Waals surface area contributed by atoms with Gasteiger partial charge in [0.2, 0.25) is 0 Å². The van der Waals surface area contributed by atoms with Crippen molar-refractivity contribution in [3.8, 4) is 5.69 Å². The second-order valence-electron chi connectivity index (χ2n) is 3.31. The lowest BCUT2D eigenvalue weighted by Crippen LogP contribution is -2.02. The third kappa shape index (κ3) is 1.00. The van der Waals surface area contributed by atoms with Gasteiger partial charge in [-0.2, -0.15) is 0 Å². The van der Waals surface area contributed by atoms with Crippen LogP contribution in [0, 0.1) is 0 Å².